The van der Waals surface area contributed by atoms with Gasteiger partial charge in [0.25, 0.3) is 0 Å². The SMILES string of the molecule is O=C(/C=C/c1ccccc1Cl)NCCNc1ccc(-n2cccc2)nn1. The molecule has 7 heteroatoms. The molecular weight excluding hydrogens is 350 g/mol. The molecule has 1 amide bonds. The van der Waals surface area contributed by atoms with Crippen LogP contribution < -0.4 is 10.6 Å². The van der Waals surface area contributed by atoms with Gasteiger partial charge in [-0.2, -0.15) is 0 Å². The van der Waals surface area contributed by atoms with Crippen LogP contribution in [0.15, 0.2) is 67.0 Å². The summed E-state index contributed by atoms with van der Waals surface area (Å²) < 4.78 is 1.88. The van der Waals surface area contributed by atoms with Gasteiger partial charge in [0, 0.05) is 36.6 Å². The van der Waals surface area contributed by atoms with Gasteiger partial charge < -0.3 is 15.2 Å². The normalized spacial score (nSPS) is 10.8. The molecule has 132 valence electrons. The van der Waals surface area contributed by atoms with Crippen LogP contribution in [0.4, 0.5) is 5.82 Å². The first-order valence-electron chi connectivity index (χ1n) is 8.14. The van der Waals surface area contributed by atoms with Crippen molar-refractivity contribution in [2.45, 2.75) is 0 Å². The lowest BCUT2D eigenvalue weighted by atomic mass is 10.2. The number of benzene rings is 1. The molecule has 0 atom stereocenters. The lowest BCUT2D eigenvalue weighted by Crippen LogP contribution is -2.27. The highest BCUT2D eigenvalue weighted by molar-refractivity contribution is 6.32. The van der Waals surface area contributed by atoms with Crippen LogP contribution in [0.25, 0.3) is 11.9 Å². The zero-order chi connectivity index (χ0) is 18.2. The van der Waals surface area contributed by atoms with Gasteiger partial charge in [0.2, 0.25) is 5.91 Å². The minimum absolute atomic E-state index is 0.180. The minimum Gasteiger partial charge on any atom is -0.367 e. The fourth-order valence-corrected chi connectivity index (χ4v) is 2.45. The van der Waals surface area contributed by atoms with E-state index in [1.54, 1.807) is 12.1 Å². The van der Waals surface area contributed by atoms with Crippen LogP contribution in [0.5, 0.6) is 0 Å². The number of aromatic nitrogens is 3. The van der Waals surface area contributed by atoms with Gasteiger partial charge in [-0.05, 0) is 42.0 Å². The second kappa shape index (κ2) is 8.82. The van der Waals surface area contributed by atoms with E-state index in [9.17, 15) is 4.79 Å². The average molecular weight is 368 g/mol. The predicted octanol–water partition coefficient (Wildman–Crippen LogP) is 3.16. The molecule has 0 aliphatic heterocycles. The Morgan fingerprint density at radius 1 is 1.04 bits per heavy atom. The van der Waals surface area contributed by atoms with E-state index in [4.69, 9.17) is 11.6 Å². The molecule has 0 radical (unpaired) electrons. The molecule has 26 heavy (non-hydrogen) atoms. The van der Waals surface area contributed by atoms with Gasteiger partial charge in [-0.3, -0.25) is 4.79 Å². The van der Waals surface area contributed by atoms with E-state index in [1.165, 1.54) is 6.08 Å². The molecule has 1 aromatic carbocycles. The molecule has 0 fully saturated rings. The summed E-state index contributed by atoms with van der Waals surface area (Å²) in [7, 11) is 0. The molecule has 0 bridgehead atoms. The Kier molecular flexibility index (Phi) is 6.01. The van der Waals surface area contributed by atoms with Gasteiger partial charge in [-0.15, -0.1) is 10.2 Å². The highest BCUT2D eigenvalue weighted by Gasteiger charge is 2.00. The first-order valence-corrected chi connectivity index (χ1v) is 8.51. The predicted molar refractivity (Wildman–Crippen MR) is 103 cm³/mol. The molecular formula is C19H18ClN5O. The Morgan fingerprint density at radius 3 is 2.58 bits per heavy atom. The van der Waals surface area contributed by atoms with E-state index in [2.05, 4.69) is 20.8 Å². The van der Waals surface area contributed by atoms with Crippen molar-refractivity contribution in [2.75, 3.05) is 18.4 Å². The second-order valence-electron chi connectivity index (χ2n) is 5.44. The van der Waals surface area contributed by atoms with Crippen LogP contribution in [0, 0.1) is 0 Å². The second-order valence-corrected chi connectivity index (χ2v) is 5.85. The van der Waals surface area contributed by atoms with Crippen molar-refractivity contribution in [2.24, 2.45) is 0 Å². The monoisotopic (exact) mass is 367 g/mol. The lowest BCUT2D eigenvalue weighted by molar-refractivity contribution is -0.116. The van der Waals surface area contributed by atoms with Gasteiger partial charge in [0.15, 0.2) is 5.82 Å². The Morgan fingerprint density at radius 2 is 1.85 bits per heavy atom. The summed E-state index contributed by atoms with van der Waals surface area (Å²) in [6.07, 6.45) is 6.97. The third-order valence-electron chi connectivity index (χ3n) is 3.57. The number of carbonyl (C=O) groups is 1. The van der Waals surface area contributed by atoms with Gasteiger partial charge >= 0.3 is 0 Å². The third kappa shape index (κ3) is 4.94. The van der Waals surface area contributed by atoms with Gasteiger partial charge in [0.05, 0.1) is 0 Å². The Hall–Kier alpha value is -3.12. The molecule has 2 aromatic heterocycles. The number of amides is 1. The molecule has 0 aliphatic rings. The highest BCUT2D eigenvalue weighted by atomic mass is 35.5. The highest BCUT2D eigenvalue weighted by Crippen LogP contribution is 2.15. The summed E-state index contributed by atoms with van der Waals surface area (Å²) in [4.78, 5) is 11.8. The summed E-state index contributed by atoms with van der Waals surface area (Å²) >= 11 is 6.04. The van der Waals surface area contributed by atoms with Crippen LogP contribution in [-0.4, -0.2) is 33.8 Å². The molecule has 0 saturated heterocycles. The van der Waals surface area contributed by atoms with E-state index >= 15 is 0 Å². The Balaban J connectivity index is 1.41. The van der Waals surface area contributed by atoms with Gasteiger partial charge in [-0.1, -0.05) is 29.8 Å². The Bertz CT molecular complexity index is 875. The third-order valence-corrected chi connectivity index (χ3v) is 3.91. The van der Waals surface area contributed by atoms with Crippen molar-refractivity contribution in [3.05, 3.63) is 77.6 Å². The fraction of sp³-hybridized carbons (Fsp3) is 0.105. The van der Waals surface area contributed by atoms with E-state index < -0.39 is 0 Å². The number of anilines is 1. The minimum atomic E-state index is -0.180. The summed E-state index contributed by atoms with van der Waals surface area (Å²) in [5.41, 5.74) is 0.806. The van der Waals surface area contributed by atoms with E-state index in [1.807, 2.05) is 59.4 Å². The van der Waals surface area contributed by atoms with E-state index in [0.29, 0.717) is 23.9 Å². The van der Waals surface area contributed by atoms with E-state index in [0.717, 1.165) is 11.4 Å². The molecule has 3 aromatic rings. The number of rotatable bonds is 7. The first-order chi connectivity index (χ1) is 12.7. The van der Waals surface area contributed by atoms with Crippen LogP contribution in [0.3, 0.4) is 0 Å². The van der Waals surface area contributed by atoms with Gasteiger partial charge in [0.1, 0.15) is 5.82 Å². The van der Waals surface area contributed by atoms with Crippen molar-refractivity contribution in [1.29, 1.82) is 0 Å². The smallest absolute Gasteiger partial charge is 0.244 e. The zero-order valence-electron chi connectivity index (χ0n) is 14.0. The largest absolute Gasteiger partial charge is 0.367 e. The molecule has 3 rings (SSSR count). The Labute approximate surface area is 156 Å². The molecule has 0 unspecified atom stereocenters. The standard InChI is InChI=1S/C19H18ClN5O/c20-16-6-2-1-5-15(16)7-10-19(26)22-12-11-21-17-8-9-18(24-23-17)25-13-3-4-14-25/h1-10,13-14H,11-12H2,(H,21,23)(H,22,26)/b10-7+. The average Bonchev–Trinajstić information content (AvgIpc) is 3.20. The summed E-state index contributed by atoms with van der Waals surface area (Å²) in [5.74, 6) is 1.22. The molecule has 0 saturated carbocycles. The summed E-state index contributed by atoms with van der Waals surface area (Å²) in [6, 6.07) is 14.9. The maximum absolute atomic E-state index is 11.8. The van der Waals surface area contributed by atoms with Crippen molar-refractivity contribution in [3.8, 4) is 5.82 Å². The molecule has 0 spiro atoms. The number of nitrogens with zero attached hydrogens (tertiary/aromatic N) is 3. The maximum Gasteiger partial charge on any atom is 0.244 e. The summed E-state index contributed by atoms with van der Waals surface area (Å²) in [5, 5.41) is 14.8. The maximum atomic E-state index is 11.8. The number of hydrogen-bond donors (Lipinski definition) is 2. The van der Waals surface area contributed by atoms with Crippen molar-refractivity contribution in [1.82, 2.24) is 20.1 Å². The fourth-order valence-electron chi connectivity index (χ4n) is 2.26. The number of nitrogens with one attached hydrogen (secondary N) is 2. The molecule has 2 heterocycles. The molecule has 2 N–H and O–H groups in total. The molecule has 6 nitrogen and oxygen atoms in total. The quantitative estimate of drug-likeness (QED) is 0.497. The number of carbonyl (C=O) groups excluding carboxylic acids is 1. The van der Waals surface area contributed by atoms with Crippen LogP contribution in [0.2, 0.25) is 5.02 Å². The van der Waals surface area contributed by atoms with Crippen LogP contribution in [-0.2, 0) is 4.79 Å². The van der Waals surface area contributed by atoms with Crippen molar-refractivity contribution in [3.63, 3.8) is 0 Å². The van der Waals surface area contributed by atoms with Crippen molar-refractivity contribution < 1.29 is 4.79 Å². The summed E-state index contributed by atoms with van der Waals surface area (Å²) in [6.45, 7) is 1.01. The molecule has 0 aliphatic carbocycles. The van der Waals surface area contributed by atoms with Crippen molar-refractivity contribution >= 4 is 29.4 Å². The van der Waals surface area contributed by atoms with Gasteiger partial charge in [-0.25, -0.2) is 0 Å². The zero-order valence-corrected chi connectivity index (χ0v) is 14.7. The van der Waals surface area contributed by atoms with Crippen LogP contribution in [0.1, 0.15) is 5.56 Å². The topological polar surface area (TPSA) is 71.8 Å². The first kappa shape index (κ1) is 17.7. The number of hydrogen-bond acceptors (Lipinski definition) is 4. The lowest BCUT2D eigenvalue weighted by Gasteiger charge is -2.06. The van der Waals surface area contributed by atoms with E-state index in [-0.39, 0.29) is 5.91 Å². The van der Waals surface area contributed by atoms with Crippen LogP contribution >= 0.6 is 11.6 Å². The number of halogens is 1.